The standard InChI is InChI=1S/C14H12F2N4O2/c1-7-9(8-2-3-14(15,16)5-8)4-11(20-19-7)10-6-17-13(22)18-12(10)21/h4-6H,2-3H2,1H3,(H2,17,18,21,22). The van der Waals surface area contributed by atoms with Crippen molar-refractivity contribution in [2.45, 2.75) is 25.7 Å². The molecule has 3 rings (SSSR count). The van der Waals surface area contributed by atoms with Crippen LogP contribution >= 0.6 is 0 Å². The molecule has 6 nitrogen and oxygen atoms in total. The van der Waals surface area contributed by atoms with Gasteiger partial charge in [-0.25, -0.2) is 13.6 Å². The second-order valence-corrected chi connectivity index (χ2v) is 5.14. The van der Waals surface area contributed by atoms with E-state index in [-0.39, 0.29) is 24.1 Å². The normalized spacial score (nSPS) is 16.6. The molecule has 2 aromatic rings. The van der Waals surface area contributed by atoms with Crippen molar-refractivity contribution >= 4 is 5.57 Å². The van der Waals surface area contributed by atoms with Crippen LogP contribution in [0.5, 0.6) is 0 Å². The summed E-state index contributed by atoms with van der Waals surface area (Å²) in [7, 11) is 0. The summed E-state index contributed by atoms with van der Waals surface area (Å²) in [5.74, 6) is -2.82. The van der Waals surface area contributed by atoms with E-state index in [1.54, 1.807) is 13.0 Å². The Labute approximate surface area is 122 Å². The molecule has 8 heteroatoms. The maximum Gasteiger partial charge on any atom is 0.325 e. The van der Waals surface area contributed by atoms with E-state index in [1.807, 2.05) is 0 Å². The van der Waals surface area contributed by atoms with Gasteiger partial charge < -0.3 is 4.98 Å². The highest BCUT2D eigenvalue weighted by Crippen LogP contribution is 2.38. The van der Waals surface area contributed by atoms with Crippen molar-refractivity contribution in [1.29, 1.82) is 0 Å². The Morgan fingerprint density at radius 3 is 2.64 bits per heavy atom. The molecular weight excluding hydrogens is 294 g/mol. The van der Waals surface area contributed by atoms with Gasteiger partial charge in [0.1, 0.15) is 5.69 Å². The number of aryl methyl sites for hydroxylation is 1. The first kappa shape index (κ1) is 14.3. The number of alkyl halides is 2. The van der Waals surface area contributed by atoms with E-state index < -0.39 is 17.2 Å². The molecule has 0 unspecified atom stereocenters. The second kappa shape index (κ2) is 4.97. The Kier molecular flexibility index (Phi) is 3.23. The molecule has 0 aliphatic heterocycles. The van der Waals surface area contributed by atoms with Crippen LogP contribution in [0.15, 0.2) is 27.9 Å². The summed E-state index contributed by atoms with van der Waals surface area (Å²) in [6, 6.07) is 1.54. The van der Waals surface area contributed by atoms with Crippen LogP contribution in [0, 0.1) is 6.92 Å². The van der Waals surface area contributed by atoms with E-state index >= 15 is 0 Å². The Bertz CT molecular complexity index is 883. The van der Waals surface area contributed by atoms with Gasteiger partial charge in [0.2, 0.25) is 0 Å². The van der Waals surface area contributed by atoms with Crippen molar-refractivity contribution in [2.75, 3.05) is 0 Å². The van der Waals surface area contributed by atoms with Gasteiger partial charge in [0.05, 0.1) is 11.3 Å². The molecule has 0 saturated carbocycles. The van der Waals surface area contributed by atoms with Gasteiger partial charge in [-0.15, -0.1) is 5.10 Å². The zero-order valence-electron chi connectivity index (χ0n) is 11.6. The van der Waals surface area contributed by atoms with E-state index in [9.17, 15) is 18.4 Å². The van der Waals surface area contributed by atoms with E-state index in [4.69, 9.17) is 0 Å². The van der Waals surface area contributed by atoms with Gasteiger partial charge in [-0.2, -0.15) is 5.10 Å². The summed E-state index contributed by atoms with van der Waals surface area (Å²) >= 11 is 0. The van der Waals surface area contributed by atoms with Gasteiger partial charge >= 0.3 is 5.69 Å². The molecular formula is C14H12F2N4O2. The van der Waals surface area contributed by atoms with Crippen molar-refractivity contribution in [3.63, 3.8) is 0 Å². The number of hydrogen-bond acceptors (Lipinski definition) is 4. The molecule has 2 N–H and O–H groups in total. The van der Waals surface area contributed by atoms with Crippen LogP contribution in [0.4, 0.5) is 8.78 Å². The third kappa shape index (κ3) is 2.59. The third-order valence-corrected chi connectivity index (χ3v) is 3.53. The molecule has 0 radical (unpaired) electrons. The van der Waals surface area contributed by atoms with Gasteiger partial charge in [-0.3, -0.25) is 9.78 Å². The first-order chi connectivity index (χ1) is 10.4. The second-order valence-electron chi connectivity index (χ2n) is 5.14. The number of allylic oxidation sites excluding steroid dienone is 2. The van der Waals surface area contributed by atoms with Gasteiger partial charge in [0, 0.05) is 18.2 Å². The highest BCUT2D eigenvalue weighted by atomic mass is 19.3. The fourth-order valence-corrected chi connectivity index (χ4v) is 2.42. The van der Waals surface area contributed by atoms with Crippen LogP contribution in [0.3, 0.4) is 0 Å². The minimum Gasteiger partial charge on any atom is -0.313 e. The number of halogens is 2. The lowest BCUT2D eigenvalue weighted by Crippen LogP contribution is -2.23. The van der Waals surface area contributed by atoms with Crippen LogP contribution in [0.2, 0.25) is 0 Å². The van der Waals surface area contributed by atoms with E-state index in [2.05, 4.69) is 20.2 Å². The minimum absolute atomic E-state index is 0.124. The molecule has 1 aliphatic rings. The molecule has 0 spiro atoms. The Hall–Kier alpha value is -2.64. The van der Waals surface area contributed by atoms with Crippen LogP contribution in [0.25, 0.3) is 16.8 Å². The Balaban J connectivity index is 2.11. The number of aromatic nitrogens is 4. The number of hydrogen-bond donors (Lipinski definition) is 2. The molecule has 0 amide bonds. The number of aromatic amines is 2. The maximum absolute atomic E-state index is 13.3. The number of H-pyrrole nitrogens is 2. The fourth-order valence-electron chi connectivity index (χ4n) is 2.42. The summed E-state index contributed by atoms with van der Waals surface area (Å²) in [6.45, 7) is 1.67. The maximum atomic E-state index is 13.3. The molecule has 0 bridgehead atoms. The van der Waals surface area contributed by atoms with Gasteiger partial charge in [0.25, 0.3) is 11.5 Å². The summed E-state index contributed by atoms with van der Waals surface area (Å²) in [6.07, 6.45) is 2.15. The minimum atomic E-state index is -2.82. The first-order valence-corrected chi connectivity index (χ1v) is 6.62. The van der Waals surface area contributed by atoms with Crippen LogP contribution in [-0.4, -0.2) is 26.1 Å². The van der Waals surface area contributed by atoms with Crippen LogP contribution in [-0.2, 0) is 0 Å². The monoisotopic (exact) mass is 306 g/mol. The lowest BCUT2D eigenvalue weighted by Gasteiger charge is -2.07. The van der Waals surface area contributed by atoms with Gasteiger partial charge in [-0.1, -0.05) is 0 Å². The lowest BCUT2D eigenvalue weighted by atomic mass is 10.0. The van der Waals surface area contributed by atoms with Crippen molar-refractivity contribution in [2.24, 2.45) is 0 Å². The SMILES string of the molecule is Cc1nnc(-c2c[nH]c(=O)[nH]c2=O)cc1C1=CC(F)(F)CC1. The molecule has 22 heavy (non-hydrogen) atoms. The van der Waals surface area contributed by atoms with E-state index in [1.165, 1.54) is 6.20 Å². The average molecular weight is 306 g/mol. The van der Waals surface area contributed by atoms with Gasteiger partial charge in [-0.05, 0) is 31.1 Å². The van der Waals surface area contributed by atoms with Crippen LogP contribution in [0.1, 0.15) is 24.1 Å². The number of nitrogens with zero attached hydrogens (tertiary/aromatic N) is 2. The number of nitrogens with one attached hydrogen (secondary N) is 2. The predicted molar refractivity (Wildman–Crippen MR) is 75.6 cm³/mol. The van der Waals surface area contributed by atoms with Crippen molar-refractivity contribution < 1.29 is 8.78 Å². The largest absolute Gasteiger partial charge is 0.325 e. The van der Waals surface area contributed by atoms with E-state index in [0.717, 1.165) is 6.08 Å². The Morgan fingerprint density at radius 2 is 2.00 bits per heavy atom. The highest BCUT2D eigenvalue weighted by molar-refractivity contribution is 5.73. The average Bonchev–Trinajstić information content (AvgIpc) is 2.80. The Morgan fingerprint density at radius 1 is 1.23 bits per heavy atom. The summed E-state index contributed by atoms with van der Waals surface area (Å²) in [4.78, 5) is 27.2. The van der Waals surface area contributed by atoms with Crippen molar-refractivity contribution in [3.05, 3.63) is 50.4 Å². The summed E-state index contributed by atoms with van der Waals surface area (Å²) in [5.41, 5.74) is 0.625. The molecule has 1 aliphatic carbocycles. The van der Waals surface area contributed by atoms with Gasteiger partial charge in [0.15, 0.2) is 0 Å². The molecule has 0 aromatic carbocycles. The summed E-state index contributed by atoms with van der Waals surface area (Å²) in [5, 5.41) is 7.83. The smallest absolute Gasteiger partial charge is 0.313 e. The van der Waals surface area contributed by atoms with E-state index in [0.29, 0.717) is 16.8 Å². The molecule has 2 heterocycles. The van der Waals surface area contributed by atoms with Crippen molar-refractivity contribution in [3.8, 4) is 11.3 Å². The predicted octanol–water partition coefficient (Wildman–Crippen LogP) is 1.64. The van der Waals surface area contributed by atoms with Crippen molar-refractivity contribution in [1.82, 2.24) is 20.2 Å². The topological polar surface area (TPSA) is 91.5 Å². The molecule has 0 saturated heterocycles. The molecule has 2 aromatic heterocycles. The highest BCUT2D eigenvalue weighted by Gasteiger charge is 2.33. The fraction of sp³-hybridized carbons (Fsp3) is 0.286. The lowest BCUT2D eigenvalue weighted by molar-refractivity contribution is 0.0555. The van der Waals surface area contributed by atoms with Crippen LogP contribution < -0.4 is 11.2 Å². The first-order valence-electron chi connectivity index (χ1n) is 6.62. The number of rotatable bonds is 2. The zero-order valence-corrected chi connectivity index (χ0v) is 11.6. The molecule has 114 valence electrons. The summed E-state index contributed by atoms with van der Waals surface area (Å²) < 4.78 is 26.7. The molecule has 0 atom stereocenters. The third-order valence-electron chi connectivity index (χ3n) is 3.53. The molecule has 0 fully saturated rings. The quantitative estimate of drug-likeness (QED) is 0.882. The zero-order chi connectivity index (χ0) is 15.9.